The van der Waals surface area contributed by atoms with Gasteiger partial charge in [0, 0.05) is 17.1 Å². The number of fused-ring (bicyclic) bond motifs is 1. The van der Waals surface area contributed by atoms with Gasteiger partial charge in [0.2, 0.25) is 0 Å². The van der Waals surface area contributed by atoms with Crippen LogP contribution >= 0.6 is 0 Å². The number of aromatic nitrogens is 4. The minimum atomic E-state index is -0.926. The van der Waals surface area contributed by atoms with Gasteiger partial charge in [0.05, 0.1) is 17.5 Å². The van der Waals surface area contributed by atoms with Crippen molar-refractivity contribution in [2.24, 2.45) is 0 Å². The normalized spacial score (nSPS) is 11.3. The SMILES string of the molecule is Cc1cc(C)c2c(-n3c(C)ccc3C)nn(Cc3ccc(C(=O)O)cc3)c2n1. The van der Waals surface area contributed by atoms with Gasteiger partial charge in [-0.15, -0.1) is 0 Å². The van der Waals surface area contributed by atoms with Gasteiger partial charge in [-0.2, -0.15) is 5.10 Å². The van der Waals surface area contributed by atoms with Gasteiger partial charge >= 0.3 is 5.97 Å². The molecular formula is C22H22N4O2. The highest BCUT2D eigenvalue weighted by atomic mass is 16.4. The Balaban J connectivity index is 1.88. The van der Waals surface area contributed by atoms with Crippen molar-refractivity contribution in [2.45, 2.75) is 34.2 Å². The molecule has 4 aromatic rings. The molecule has 0 unspecified atom stereocenters. The Hall–Kier alpha value is -3.41. The number of hydrogen-bond donors (Lipinski definition) is 1. The summed E-state index contributed by atoms with van der Waals surface area (Å²) in [4.78, 5) is 15.8. The highest BCUT2D eigenvalue weighted by molar-refractivity contribution is 5.88. The lowest BCUT2D eigenvalue weighted by molar-refractivity contribution is 0.0697. The predicted octanol–water partition coefficient (Wildman–Crippen LogP) is 4.20. The number of benzene rings is 1. The Labute approximate surface area is 163 Å². The van der Waals surface area contributed by atoms with E-state index >= 15 is 0 Å². The van der Waals surface area contributed by atoms with E-state index in [1.54, 1.807) is 12.1 Å². The average molecular weight is 374 g/mol. The molecule has 0 bridgehead atoms. The van der Waals surface area contributed by atoms with Crippen LogP contribution < -0.4 is 0 Å². The van der Waals surface area contributed by atoms with Crippen molar-refractivity contribution >= 4 is 17.0 Å². The third-order valence-electron chi connectivity index (χ3n) is 5.03. The van der Waals surface area contributed by atoms with Gasteiger partial charge in [-0.05, 0) is 69.2 Å². The minimum Gasteiger partial charge on any atom is -0.478 e. The molecule has 0 saturated carbocycles. The van der Waals surface area contributed by atoms with Crippen molar-refractivity contribution in [3.05, 3.63) is 76.2 Å². The molecule has 142 valence electrons. The van der Waals surface area contributed by atoms with Crippen molar-refractivity contribution in [1.82, 2.24) is 19.3 Å². The molecule has 6 nitrogen and oxygen atoms in total. The second-order valence-electron chi connectivity index (χ2n) is 7.21. The van der Waals surface area contributed by atoms with E-state index in [0.717, 1.165) is 45.1 Å². The highest BCUT2D eigenvalue weighted by Gasteiger charge is 2.18. The molecule has 6 heteroatoms. The number of aryl methyl sites for hydroxylation is 4. The fraction of sp³-hybridized carbons (Fsp3) is 0.227. The summed E-state index contributed by atoms with van der Waals surface area (Å²) in [5.41, 5.74) is 6.41. The van der Waals surface area contributed by atoms with E-state index in [9.17, 15) is 4.79 Å². The largest absolute Gasteiger partial charge is 0.478 e. The van der Waals surface area contributed by atoms with Gasteiger partial charge in [-0.1, -0.05) is 12.1 Å². The van der Waals surface area contributed by atoms with E-state index in [2.05, 4.69) is 43.5 Å². The number of rotatable bonds is 4. The molecule has 0 fully saturated rings. The van der Waals surface area contributed by atoms with Gasteiger partial charge in [0.1, 0.15) is 0 Å². The maximum atomic E-state index is 11.1. The van der Waals surface area contributed by atoms with Crippen molar-refractivity contribution in [1.29, 1.82) is 0 Å². The van der Waals surface area contributed by atoms with Crippen LogP contribution in [-0.2, 0) is 6.54 Å². The second-order valence-corrected chi connectivity index (χ2v) is 7.21. The minimum absolute atomic E-state index is 0.276. The van der Waals surface area contributed by atoms with Crippen LogP contribution in [-0.4, -0.2) is 30.4 Å². The quantitative estimate of drug-likeness (QED) is 0.581. The predicted molar refractivity (Wildman–Crippen MR) is 108 cm³/mol. The topological polar surface area (TPSA) is 72.9 Å². The van der Waals surface area contributed by atoms with Crippen molar-refractivity contribution < 1.29 is 9.90 Å². The first-order chi connectivity index (χ1) is 13.3. The number of nitrogens with zero attached hydrogens (tertiary/aromatic N) is 4. The molecule has 0 spiro atoms. The molecule has 0 aliphatic carbocycles. The Bertz CT molecular complexity index is 1180. The molecule has 1 aromatic carbocycles. The molecule has 3 heterocycles. The van der Waals surface area contributed by atoms with E-state index in [-0.39, 0.29) is 5.56 Å². The smallest absolute Gasteiger partial charge is 0.335 e. The summed E-state index contributed by atoms with van der Waals surface area (Å²) in [5.74, 6) is -0.0491. The molecule has 28 heavy (non-hydrogen) atoms. The first-order valence-electron chi connectivity index (χ1n) is 9.17. The van der Waals surface area contributed by atoms with Crippen LogP contribution in [0.5, 0.6) is 0 Å². The summed E-state index contributed by atoms with van der Waals surface area (Å²) in [6.45, 7) is 8.73. The zero-order valence-corrected chi connectivity index (χ0v) is 16.4. The van der Waals surface area contributed by atoms with E-state index < -0.39 is 5.97 Å². The zero-order chi connectivity index (χ0) is 20.0. The van der Waals surface area contributed by atoms with E-state index in [1.807, 2.05) is 23.7 Å². The first-order valence-corrected chi connectivity index (χ1v) is 9.17. The lowest BCUT2D eigenvalue weighted by Crippen LogP contribution is -2.06. The summed E-state index contributed by atoms with van der Waals surface area (Å²) in [7, 11) is 0. The van der Waals surface area contributed by atoms with Crippen LogP contribution in [0.25, 0.3) is 16.9 Å². The Morgan fingerprint density at radius 1 is 1.00 bits per heavy atom. The Kier molecular flexibility index (Phi) is 4.26. The fourth-order valence-corrected chi connectivity index (χ4v) is 3.69. The second kappa shape index (κ2) is 6.64. The maximum absolute atomic E-state index is 11.1. The molecule has 3 aromatic heterocycles. The van der Waals surface area contributed by atoms with E-state index in [4.69, 9.17) is 15.2 Å². The number of carboxylic acids is 1. The van der Waals surface area contributed by atoms with Gasteiger partial charge in [0.25, 0.3) is 0 Å². The molecule has 0 amide bonds. The molecule has 0 aliphatic heterocycles. The lowest BCUT2D eigenvalue weighted by atomic mass is 10.1. The summed E-state index contributed by atoms with van der Waals surface area (Å²) >= 11 is 0. The Morgan fingerprint density at radius 2 is 1.64 bits per heavy atom. The van der Waals surface area contributed by atoms with Crippen LogP contribution in [0.3, 0.4) is 0 Å². The van der Waals surface area contributed by atoms with E-state index in [1.165, 1.54) is 0 Å². The standard InChI is InChI=1S/C22H22N4O2/c1-13-11-14(2)23-20-19(13)21(26-15(3)5-6-16(26)4)24-25(20)12-17-7-9-18(10-8-17)22(27)28/h5-11H,12H2,1-4H3,(H,27,28). The summed E-state index contributed by atoms with van der Waals surface area (Å²) in [6.07, 6.45) is 0. The number of aromatic carboxylic acids is 1. The number of carbonyl (C=O) groups is 1. The third kappa shape index (κ3) is 2.97. The lowest BCUT2D eigenvalue weighted by Gasteiger charge is -2.07. The highest BCUT2D eigenvalue weighted by Crippen LogP contribution is 2.28. The summed E-state index contributed by atoms with van der Waals surface area (Å²) in [5, 5.41) is 15.0. The van der Waals surface area contributed by atoms with E-state index in [0.29, 0.717) is 6.54 Å². The molecule has 4 rings (SSSR count). The van der Waals surface area contributed by atoms with Crippen LogP contribution in [0.2, 0.25) is 0 Å². The van der Waals surface area contributed by atoms with Gasteiger partial charge in [-0.25, -0.2) is 14.5 Å². The number of carboxylic acid groups (broad SMARTS) is 1. The molecule has 0 atom stereocenters. The van der Waals surface area contributed by atoms with Crippen molar-refractivity contribution in [2.75, 3.05) is 0 Å². The van der Waals surface area contributed by atoms with Crippen LogP contribution in [0, 0.1) is 27.7 Å². The first kappa shape index (κ1) is 18.0. The van der Waals surface area contributed by atoms with Gasteiger partial charge < -0.3 is 9.67 Å². The average Bonchev–Trinajstić information content (AvgIpc) is 3.15. The van der Waals surface area contributed by atoms with Crippen LogP contribution in [0.15, 0.2) is 42.5 Å². The van der Waals surface area contributed by atoms with Crippen LogP contribution in [0.1, 0.15) is 38.6 Å². The number of hydrogen-bond acceptors (Lipinski definition) is 3. The van der Waals surface area contributed by atoms with Crippen molar-refractivity contribution in [3.8, 4) is 5.82 Å². The zero-order valence-electron chi connectivity index (χ0n) is 16.4. The summed E-state index contributed by atoms with van der Waals surface area (Å²) in [6, 6.07) is 13.1. The third-order valence-corrected chi connectivity index (χ3v) is 5.03. The van der Waals surface area contributed by atoms with Gasteiger partial charge in [-0.3, -0.25) is 0 Å². The summed E-state index contributed by atoms with van der Waals surface area (Å²) < 4.78 is 4.05. The maximum Gasteiger partial charge on any atom is 0.335 e. The van der Waals surface area contributed by atoms with Crippen LogP contribution in [0.4, 0.5) is 0 Å². The molecule has 1 N–H and O–H groups in total. The van der Waals surface area contributed by atoms with Crippen molar-refractivity contribution in [3.63, 3.8) is 0 Å². The molecule has 0 saturated heterocycles. The Morgan fingerprint density at radius 3 is 2.25 bits per heavy atom. The van der Waals surface area contributed by atoms with Gasteiger partial charge in [0.15, 0.2) is 11.5 Å². The number of pyridine rings is 1. The molecule has 0 aliphatic rings. The molecular weight excluding hydrogens is 352 g/mol. The fourth-order valence-electron chi connectivity index (χ4n) is 3.69. The molecule has 0 radical (unpaired) electrons. The monoisotopic (exact) mass is 374 g/mol.